The highest BCUT2D eigenvalue weighted by molar-refractivity contribution is 7.80. The number of hydrogen-bond acceptors (Lipinski definition) is 2. The highest BCUT2D eigenvalue weighted by Crippen LogP contribution is 2.14. The molecule has 0 aromatic heterocycles. The number of rotatable bonds is 4. The summed E-state index contributed by atoms with van der Waals surface area (Å²) in [4.78, 5) is 3.13. The van der Waals surface area contributed by atoms with Crippen LogP contribution in [0.15, 0.2) is 24.3 Å². The predicted octanol–water partition coefficient (Wildman–Crippen LogP) is 2.89. The average Bonchev–Trinajstić information content (AvgIpc) is 2.60. The second-order valence-corrected chi connectivity index (χ2v) is 5.67. The van der Waals surface area contributed by atoms with Crippen molar-refractivity contribution in [3.8, 4) is 0 Å². The fraction of sp³-hybridized carbons (Fsp3) is 0.533. The molecule has 0 unspecified atom stereocenters. The van der Waals surface area contributed by atoms with E-state index in [2.05, 4.69) is 29.2 Å². The van der Waals surface area contributed by atoms with Gasteiger partial charge in [-0.05, 0) is 37.1 Å². The number of nitrogens with two attached hydrogens (primary N) is 1. The average molecular weight is 262 g/mol. The number of benzene rings is 1. The lowest BCUT2D eigenvalue weighted by atomic mass is 10.1. The number of hydrogen-bond donors (Lipinski definition) is 1. The molecular formula is C15H22N2S. The summed E-state index contributed by atoms with van der Waals surface area (Å²) in [7, 11) is 0. The van der Waals surface area contributed by atoms with Crippen molar-refractivity contribution >= 4 is 17.2 Å². The van der Waals surface area contributed by atoms with Crippen LogP contribution in [0.1, 0.15) is 36.8 Å². The lowest BCUT2D eigenvalue weighted by Gasteiger charge is -2.19. The van der Waals surface area contributed by atoms with Gasteiger partial charge in [-0.2, -0.15) is 0 Å². The fourth-order valence-corrected chi connectivity index (χ4v) is 2.68. The topological polar surface area (TPSA) is 29.3 Å². The van der Waals surface area contributed by atoms with Gasteiger partial charge in [-0.1, -0.05) is 49.3 Å². The van der Waals surface area contributed by atoms with E-state index in [4.69, 9.17) is 18.0 Å². The molecule has 0 bridgehead atoms. The first-order valence-corrected chi connectivity index (χ1v) is 7.23. The molecule has 1 heterocycles. The second kappa shape index (κ2) is 6.86. The van der Waals surface area contributed by atoms with E-state index in [1.807, 2.05) is 0 Å². The first-order chi connectivity index (χ1) is 8.74. The summed E-state index contributed by atoms with van der Waals surface area (Å²) in [5.41, 5.74) is 8.16. The Morgan fingerprint density at radius 3 is 2.11 bits per heavy atom. The summed E-state index contributed by atoms with van der Waals surface area (Å²) < 4.78 is 0. The van der Waals surface area contributed by atoms with Crippen molar-refractivity contribution in [1.29, 1.82) is 0 Å². The van der Waals surface area contributed by atoms with Crippen LogP contribution in [-0.2, 0) is 13.0 Å². The van der Waals surface area contributed by atoms with Gasteiger partial charge in [-0.25, -0.2) is 0 Å². The van der Waals surface area contributed by atoms with E-state index in [0.717, 1.165) is 6.54 Å². The maximum Gasteiger partial charge on any atom is 0.0771 e. The summed E-state index contributed by atoms with van der Waals surface area (Å²) >= 11 is 4.93. The first-order valence-electron chi connectivity index (χ1n) is 6.82. The molecule has 1 aliphatic heterocycles. The minimum atomic E-state index is 0.565. The predicted molar refractivity (Wildman–Crippen MR) is 80.7 cm³/mol. The lowest BCUT2D eigenvalue weighted by Crippen LogP contribution is -2.23. The summed E-state index contributed by atoms with van der Waals surface area (Å²) in [6.07, 6.45) is 6.19. The first kappa shape index (κ1) is 13.5. The Bertz CT molecular complexity index is 378. The van der Waals surface area contributed by atoms with E-state index in [1.165, 1.54) is 49.9 Å². The van der Waals surface area contributed by atoms with Crippen LogP contribution in [-0.4, -0.2) is 23.0 Å². The molecule has 2 rings (SSSR count). The zero-order valence-electron chi connectivity index (χ0n) is 10.9. The quantitative estimate of drug-likeness (QED) is 0.846. The maximum absolute atomic E-state index is 5.55. The summed E-state index contributed by atoms with van der Waals surface area (Å²) in [5.74, 6) is 0. The molecular weight excluding hydrogens is 240 g/mol. The molecule has 3 heteroatoms. The second-order valence-electron chi connectivity index (χ2n) is 5.15. The van der Waals surface area contributed by atoms with Crippen molar-refractivity contribution in [2.75, 3.05) is 13.1 Å². The Balaban J connectivity index is 1.90. The van der Waals surface area contributed by atoms with Crippen molar-refractivity contribution in [2.45, 2.75) is 38.6 Å². The molecule has 1 fully saturated rings. The largest absolute Gasteiger partial charge is 0.393 e. The molecule has 0 amide bonds. The minimum absolute atomic E-state index is 0.565. The number of likely N-dealkylation sites (tertiary alicyclic amines) is 1. The van der Waals surface area contributed by atoms with Gasteiger partial charge in [0, 0.05) is 13.0 Å². The standard InChI is InChI=1S/C15H22N2S/c16-15(18)11-13-5-7-14(8-6-13)12-17-9-3-1-2-4-10-17/h5-8H,1-4,9-12H2,(H2,16,18). The van der Waals surface area contributed by atoms with Crippen LogP contribution in [0.3, 0.4) is 0 Å². The van der Waals surface area contributed by atoms with Crippen LogP contribution in [0.5, 0.6) is 0 Å². The third-order valence-electron chi connectivity index (χ3n) is 3.51. The number of thiocarbonyl (C=S) groups is 1. The SMILES string of the molecule is NC(=S)Cc1ccc(CN2CCCCCC2)cc1. The Kier molecular flexibility index (Phi) is 5.14. The summed E-state index contributed by atoms with van der Waals surface area (Å²) in [5, 5.41) is 0. The van der Waals surface area contributed by atoms with E-state index in [-0.39, 0.29) is 0 Å². The van der Waals surface area contributed by atoms with Crippen molar-refractivity contribution in [3.05, 3.63) is 35.4 Å². The zero-order chi connectivity index (χ0) is 12.8. The molecule has 98 valence electrons. The molecule has 1 aliphatic rings. The fourth-order valence-electron chi connectivity index (χ4n) is 2.52. The third kappa shape index (κ3) is 4.39. The van der Waals surface area contributed by atoms with Gasteiger partial charge in [0.25, 0.3) is 0 Å². The Morgan fingerprint density at radius 2 is 1.56 bits per heavy atom. The van der Waals surface area contributed by atoms with Crippen molar-refractivity contribution < 1.29 is 0 Å². The molecule has 2 nitrogen and oxygen atoms in total. The summed E-state index contributed by atoms with van der Waals surface area (Å²) in [6.45, 7) is 3.57. The minimum Gasteiger partial charge on any atom is -0.393 e. The molecule has 0 aliphatic carbocycles. The van der Waals surface area contributed by atoms with Crippen LogP contribution in [0.4, 0.5) is 0 Å². The maximum atomic E-state index is 5.55. The molecule has 1 aromatic carbocycles. The van der Waals surface area contributed by atoms with Gasteiger partial charge in [0.1, 0.15) is 0 Å². The van der Waals surface area contributed by atoms with Gasteiger partial charge in [-0.15, -0.1) is 0 Å². The van der Waals surface area contributed by atoms with Gasteiger partial charge >= 0.3 is 0 Å². The highest BCUT2D eigenvalue weighted by Gasteiger charge is 2.09. The van der Waals surface area contributed by atoms with Crippen LogP contribution >= 0.6 is 12.2 Å². The lowest BCUT2D eigenvalue weighted by molar-refractivity contribution is 0.277. The van der Waals surface area contributed by atoms with Gasteiger partial charge in [0.15, 0.2) is 0 Å². The molecule has 0 spiro atoms. The Labute approximate surface area is 115 Å². The molecule has 0 atom stereocenters. The van der Waals surface area contributed by atoms with E-state index in [9.17, 15) is 0 Å². The molecule has 18 heavy (non-hydrogen) atoms. The van der Waals surface area contributed by atoms with Crippen LogP contribution in [0, 0.1) is 0 Å². The molecule has 1 saturated heterocycles. The van der Waals surface area contributed by atoms with Crippen LogP contribution in [0.25, 0.3) is 0 Å². The van der Waals surface area contributed by atoms with E-state index in [0.29, 0.717) is 11.4 Å². The van der Waals surface area contributed by atoms with Crippen LogP contribution < -0.4 is 5.73 Å². The molecule has 0 radical (unpaired) electrons. The molecule has 1 aromatic rings. The van der Waals surface area contributed by atoms with Crippen molar-refractivity contribution in [2.24, 2.45) is 5.73 Å². The number of nitrogens with zero attached hydrogens (tertiary/aromatic N) is 1. The van der Waals surface area contributed by atoms with E-state index in [1.54, 1.807) is 0 Å². The monoisotopic (exact) mass is 262 g/mol. The van der Waals surface area contributed by atoms with Gasteiger partial charge in [-0.3, -0.25) is 4.90 Å². The summed E-state index contributed by atoms with van der Waals surface area (Å²) in [6, 6.07) is 8.70. The Morgan fingerprint density at radius 1 is 1.00 bits per heavy atom. The van der Waals surface area contributed by atoms with Crippen LogP contribution in [0.2, 0.25) is 0 Å². The Hall–Kier alpha value is -0.930. The van der Waals surface area contributed by atoms with Gasteiger partial charge in [0.2, 0.25) is 0 Å². The zero-order valence-corrected chi connectivity index (χ0v) is 11.7. The van der Waals surface area contributed by atoms with Crippen molar-refractivity contribution in [1.82, 2.24) is 4.90 Å². The van der Waals surface area contributed by atoms with Crippen molar-refractivity contribution in [3.63, 3.8) is 0 Å². The van der Waals surface area contributed by atoms with E-state index < -0.39 is 0 Å². The smallest absolute Gasteiger partial charge is 0.0771 e. The van der Waals surface area contributed by atoms with Gasteiger partial charge < -0.3 is 5.73 Å². The molecule has 2 N–H and O–H groups in total. The highest BCUT2D eigenvalue weighted by atomic mass is 32.1. The third-order valence-corrected chi connectivity index (χ3v) is 3.65. The van der Waals surface area contributed by atoms with Gasteiger partial charge in [0.05, 0.1) is 4.99 Å². The normalized spacial score (nSPS) is 17.3. The van der Waals surface area contributed by atoms with E-state index >= 15 is 0 Å². The molecule has 0 saturated carbocycles.